The molecule has 1 heterocycles. The number of aromatic nitrogens is 1. The molecule has 0 saturated heterocycles. The molecule has 1 aromatic heterocycles. The number of benzene rings is 1. The van der Waals surface area contributed by atoms with Gasteiger partial charge < -0.3 is 5.32 Å². The summed E-state index contributed by atoms with van der Waals surface area (Å²) in [6, 6.07) is 10.3. The highest BCUT2D eigenvalue weighted by Gasteiger charge is 2.12. The molecule has 0 aliphatic heterocycles. The van der Waals surface area contributed by atoms with Crippen LogP contribution in [0.4, 0.5) is 0 Å². The standard InChI is InChI=1S/C15H17ClN2S/c1-11-6-7-18-9-14(11)15(17-2)10-19-13-5-3-4-12(16)8-13/h3-9,15,17H,10H2,1-2H3. The molecule has 100 valence electrons. The van der Waals surface area contributed by atoms with Crippen molar-refractivity contribution in [3.63, 3.8) is 0 Å². The topological polar surface area (TPSA) is 24.9 Å². The minimum absolute atomic E-state index is 0.290. The fraction of sp³-hybridized carbons (Fsp3) is 0.267. The Balaban J connectivity index is 2.06. The molecule has 2 aromatic rings. The molecule has 0 saturated carbocycles. The van der Waals surface area contributed by atoms with Gasteiger partial charge in [-0.3, -0.25) is 4.98 Å². The van der Waals surface area contributed by atoms with Crippen LogP contribution in [0.3, 0.4) is 0 Å². The molecule has 0 radical (unpaired) electrons. The van der Waals surface area contributed by atoms with E-state index in [-0.39, 0.29) is 6.04 Å². The predicted octanol–water partition coefficient (Wildman–Crippen LogP) is 4.10. The zero-order chi connectivity index (χ0) is 13.7. The SMILES string of the molecule is CNC(CSc1cccc(Cl)c1)c1cnccc1C. The highest BCUT2D eigenvalue weighted by molar-refractivity contribution is 7.99. The van der Waals surface area contributed by atoms with Crippen molar-refractivity contribution in [3.8, 4) is 0 Å². The van der Waals surface area contributed by atoms with Crippen LogP contribution in [0.15, 0.2) is 47.6 Å². The van der Waals surface area contributed by atoms with Gasteiger partial charge in [0.05, 0.1) is 0 Å². The van der Waals surface area contributed by atoms with Gasteiger partial charge in [-0.25, -0.2) is 0 Å². The van der Waals surface area contributed by atoms with Crippen molar-refractivity contribution in [1.29, 1.82) is 0 Å². The number of hydrogen-bond acceptors (Lipinski definition) is 3. The number of nitrogens with zero attached hydrogens (tertiary/aromatic N) is 1. The summed E-state index contributed by atoms with van der Waals surface area (Å²) in [5.74, 6) is 0.948. The molecule has 0 aliphatic rings. The van der Waals surface area contributed by atoms with Crippen molar-refractivity contribution in [1.82, 2.24) is 10.3 Å². The van der Waals surface area contributed by atoms with Gasteiger partial charge in [-0.15, -0.1) is 11.8 Å². The fourth-order valence-corrected chi connectivity index (χ4v) is 3.25. The quantitative estimate of drug-likeness (QED) is 0.840. The molecule has 4 heteroatoms. The van der Waals surface area contributed by atoms with Crippen LogP contribution in [-0.4, -0.2) is 17.8 Å². The molecule has 2 nitrogen and oxygen atoms in total. The van der Waals surface area contributed by atoms with Crippen LogP contribution in [0.5, 0.6) is 0 Å². The van der Waals surface area contributed by atoms with E-state index < -0.39 is 0 Å². The minimum atomic E-state index is 0.290. The predicted molar refractivity (Wildman–Crippen MR) is 83.0 cm³/mol. The average Bonchev–Trinajstić information content (AvgIpc) is 2.41. The highest BCUT2D eigenvalue weighted by atomic mass is 35.5. The Morgan fingerprint density at radius 3 is 2.89 bits per heavy atom. The Hall–Kier alpha value is -1.03. The van der Waals surface area contributed by atoms with Gasteiger partial charge in [-0.05, 0) is 49.4 Å². The van der Waals surface area contributed by atoms with E-state index in [0.29, 0.717) is 0 Å². The second-order valence-corrected chi connectivity index (χ2v) is 5.87. The van der Waals surface area contributed by atoms with E-state index >= 15 is 0 Å². The van der Waals surface area contributed by atoms with Gasteiger partial charge in [0.15, 0.2) is 0 Å². The van der Waals surface area contributed by atoms with Crippen molar-refractivity contribution >= 4 is 23.4 Å². The van der Waals surface area contributed by atoms with Crippen LogP contribution in [0.25, 0.3) is 0 Å². The van der Waals surface area contributed by atoms with Crippen LogP contribution >= 0.6 is 23.4 Å². The van der Waals surface area contributed by atoms with E-state index in [1.807, 2.05) is 43.7 Å². The molecule has 0 amide bonds. The molecule has 0 fully saturated rings. The van der Waals surface area contributed by atoms with E-state index in [0.717, 1.165) is 10.8 Å². The van der Waals surface area contributed by atoms with Crippen molar-refractivity contribution in [3.05, 3.63) is 58.9 Å². The Bertz CT molecular complexity index is 545. The van der Waals surface area contributed by atoms with E-state index in [9.17, 15) is 0 Å². The second kappa shape index (κ2) is 6.94. The van der Waals surface area contributed by atoms with Crippen molar-refractivity contribution in [2.75, 3.05) is 12.8 Å². The first-order chi connectivity index (χ1) is 9.20. The number of thioether (sulfide) groups is 1. The monoisotopic (exact) mass is 292 g/mol. The van der Waals surface area contributed by atoms with Crippen LogP contribution in [0, 0.1) is 6.92 Å². The number of nitrogens with one attached hydrogen (secondary N) is 1. The molecule has 1 unspecified atom stereocenters. The van der Waals surface area contributed by atoms with E-state index in [1.54, 1.807) is 11.8 Å². The van der Waals surface area contributed by atoms with E-state index in [1.165, 1.54) is 16.0 Å². The zero-order valence-electron chi connectivity index (χ0n) is 11.1. The summed E-state index contributed by atoms with van der Waals surface area (Å²) in [6.07, 6.45) is 3.77. The number of aryl methyl sites for hydroxylation is 1. The molecule has 19 heavy (non-hydrogen) atoms. The lowest BCUT2D eigenvalue weighted by Crippen LogP contribution is -2.19. The number of pyridine rings is 1. The lowest BCUT2D eigenvalue weighted by atomic mass is 10.1. The first-order valence-corrected chi connectivity index (χ1v) is 7.53. The van der Waals surface area contributed by atoms with Gasteiger partial charge in [0, 0.05) is 34.1 Å². The summed E-state index contributed by atoms with van der Waals surface area (Å²) in [7, 11) is 1.98. The van der Waals surface area contributed by atoms with Crippen molar-refractivity contribution < 1.29 is 0 Å². The van der Waals surface area contributed by atoms with E-state index in [2.05, 4.69) is 23.3 Å². The first-order valence-electron chi connectivity index (χ1n) is 6.17. The molecule has 2 rings (SSSR count). The Morgan fingerprint density at radius 1 is 1.37 bits per heavy atom. The summed E-state index contributed by atoms with van der Waals surface area (Å²) in [5.41, 5.74) is 2.51. The molecule has 1 atom stereocenters. The van der Waals surface area contributed by atoms with E-state index in [4.69, 9.17) is 11.6 Å². The molecular formula is C15H17ClN2S. The third-order valence-electron chi connectivity index (χ3n) is 3.02. The first kappa shape index (κ1) is 14.4. The normalized spacial score (nSPS) is 12.4. The molecule has 0 aliphatic carbocycles. The molecule has 1 N–H and O–H groups in total. The summed E-state index contributed by atoms with van der Waals surface area (Å²) >= 11 is 7.79. The maximum atomic E-state index is 6.00. The van der Waals surface area contributed by atoms with Gasteiger partial charge in [-0.2, -0.15) is 0 Å². The van der Waals surface area contributed by atoms with Crippen LogP contribution in [-0.2, 0) is 0 Å². The van der Waals surface area contributed by atoms with Gasteiger partial charge in [-0.1, -0.05) is 17.7 Å². The Kier molecular flexibility index (Phi) is 5.25. The molecule has 0 bridgehead atoms. The third kappa shape index (κ3) is 3.96. The lowest BCUT2D eigenvalue weighted by molar-refractivity contribution is 0.655. The number of rotatable bonds is 5. The zero-order valence-corrected chi connectivity index (χ0v) is 12.6. The summed E-state index contributed by atoms with van der Waals surface area (Å²) < 4.78 is 0. The maximum Gasteiger partial charge on any atom is 0.0430 e. The summed E-state index contributed by atoms with van der Waals surface area (Å²) in [5, 5.41) is 4.13. The number of halogens is 1. The van der Waals surface area contributed by atoms with Crippen molar-refractivity contribution in [2.24, 2.45) is 0 Å². The summed E-state index contributed by atoms with van der Waals surface area (Å²) in [4.78, 5) is 5.40. The molecular weight excluding hydrogens is 276 g/mol. The van der Waals surface area contributed by atoms with Crippen LogP contribution < -0.4 is 5.32 Å². The van der Waals surface area contributed by atoms with Gasteiger partial charge in [0.1, 0.15) is 0 Å². The minimum Gasteiger partial charge on any atom is -0.312 e. The van der Waals surface area contributed by atoms with Gasteiger partial charge >= 0.3 is 0 Å². The second-order valence-electron chi connectivity index (χ2n) is 4.34. The molecule has 1 aromatic carbocycles. The third-order valence-corrected chi connectivity index (χ3v) is 4.34. The smallest absolute Gasteiger partial charge is 0.0430 e. The van der Waals surface area contributed by atoms with Gasteiger partial charge in [0.2, 0.25) is 0 Å². The Labute approximate surface area is 123 Å². The molecule has 0 spiro atoms. The fourth-order valence-electron chi connectivity index (χ4n) is 1.91. The van der Waals surface area contributed by atoms with Crippen LogP contribution in [0.1, 0.15) is 17.2 Å². The lowest BCUT2D eigenvalue weighted by Gasteiger charge is -2.18. The summed E-state index contributed by atoms with van der Waals surface area (Å²) in [6.45, 7) is 2.12. The Morgan fingerprint density at radius 2 is 2.21 bits per heavy atom. The maximum absolute atomic E-state index is 6.00. The number of hydrogen-bond donors (Lipinski definition) is 1. The van der Waals surface area contributed by atoms with Gasteiger partial charge in [0.25, 0.3) is 0 Å². The van der Waals surface area contributed by atoms with Crippen molar-refractivity contribution in [2.45, 2.75) is 17.9 Å². The average molecular weight is 293 g/mol. The van der Waals surface area contributed by atoms with Crippen LogP contribution in [0.2, 0.25) is 5.02 Å². The highest BCUT2D eigenvalue weighted by Crippen LogP contribution is 2.27. The largest absolute Gasteiger partial charge is 0.312 e.